The van der Waals surface area contributed by atoms with E-state index in [1.807, 2.05) is 4.90 Å². The molecule has 2 nitrogen and oxygen atoms in total. The summed E-state index contributed by atoms with van der Waals surface area (Å²) in [5.74, 6) is 0.390. The van der Waals surface area contributed by atoms with E-state index in [9.17, 15) is 4.79 Å². The number of allylic oxidation sites excluding steroid dienone is 2. The Kier molecular flexibility index (Phi) is 10.3. The van der Waals surface area contributed by atoms with Gasteiger partial charge in [-0.25, -0.2) is 0 Å². The number of likely N-dealkylation sites (tertiary alicyclic amines) is 1. The second kappa shape index (κ2) is 12.0. The average Bonchev–Trinajstić information content (AvgIpc) is 2.99. The molecule has 1 saturated heterocycles. The zero-order chi connectivity index (χ0) is 14.5. The first-order valence-corrected chi connectivity index (χ1v) is 8.77. The zero-order valence-electron chi connectivity index (χ0n) is 13.4. The van der Waals surface area contributed by atoms with Crippen LogP contribution in [-0.2, 0) is 4.79 Å². The van der Waals surface area contributed by atoms with Crippen molar-refractivity contribution in [1.82, 2.24) is 4.90 Å². The van der Waals surface area contributed by atoms with Gasteiger partial charge in [0.25, 0.3) is 0 Å². The molecule has 0 aliphatic carbocycles. The van der Waals surface area contributed by atoms with E-state index in [-0.39, 0.29) is 0 Å². The Morgan fingerprint density at radius 1 is 0.900 bits per heavy atom. The molecule has 0 atom stereocenters. The van der Waals surface area contributed by atoms with Gasteiger partial charge < -0.3 is 4.90 Å². The summed E-state index contributed by atoms with van der Waals surface area (Å²) < 4.78 is 0. The van der Waals surface area contributed by atoms with Gasteiger partial charge in [0.15, 0.2) is 0 Å². The predicted molar refractivity (Wildman–Crippen MR) is 86.8 cm³/mol. The number of hydrogen-bond acceptors (Lipinski definition) is 1. The van der Waals surface area contributed by atoms with Crippen molar-refractivity contribution in [2.75, 3.05) is 13.1 Å². The van der Waals surface area contributed by atoms with Crippen LogP contribution in [-0.4, -0.2) is 23.9 Å². The van der Waals surface area contributed by atoms with Gasteiger partial charge in [-0.05, 0) is 38.5 Å². The third-order valence-corrected chi connectivity index (χ3v) is 4.11. The monoisotopic (exact) mass is 279 g/mol. The summed E-state index contributed by atoms with van der Waals surface area (Å²) >= 11 is 0. The van der Waals surface area contributed by atoms with Gasteiger partial charge >= 0.3 is 0 Å². The summed E-state index contributed by atoms with van der Waals surface area (Å²) in [6.45, 7) is 4.24. The highest BCUT2D eigenvalue weighted by Crippen LogP contribution is 2.12. The Bertz CT molecular complexity index is 267. The smallest absolute Gasteiger partial charge is 0.222 e. The van der Waals surface area contributed by atoms with Crippen LogP contribution < -0.4 is 0 Å². The Balaban J connectivity index is 1.82. The molecule has 2 heteroatoms. The van der Waals surface area contributed by atoms with Crippen molar-refractivity contribution in [3.05, 3.63) is 12.2 Å². The number of amides is 1. The molecule has 116 valence electrons. The summed E-state index contributed by atoms with van der Waals surface area (Å²) in [4.78, 5) is 13.9. The minimum Gasteiger partial charge on any atom is -0.343 e. The summed E-state index contributed by atoms with van der Waals surface area (Å²) in [6, 6.07) is 0. The predicted octanol–water partition coefficient (Wildman–Crippen LogP) is 5.09. The average molecular weight is 279 g/mol. The number of carbonyl (C=O) groups excluding carboxylic acids is 1. The van der Waals surface area contributed by atoms with Crippen LogP contribution in [0.15, 0.2) is 12.2 Å². The minimum atomic E-state index is 0.390. The molecule has 1 rings (SSSR count). The van der Waals surface area contributed by atoms with Gasteiger partial charge in [-0.1, -0.05) is 51.2 Å². The van der Waals surface area contributed by atoms with Crippen molar-refractivity contribution in [2.45, 2.75) is 84.0 Å². The molecule has 0 spiro atoms. The molecule has 0 saturated carbocycles. The molecule has 0 aromatic heterocycles. The molecule has 0 bridgehead atoms. The van der Waals surface area contributed by atoms with Crippen LogP contribution in [0.4, 0.5) is 0 Å². The molecule has 0 unspecified atom stereocenters. The maximum Gasteiger partial charge on any atom is 0.222 e. The molecule has 1 fully saturated rings. The Morgan fingerprint density at radius 3 is 2.20 bits per heavy atom. The van der Waals surface area contributed by atoms with E-state index in [4.69, 9.17) is 0 Å². The van der Waals surface area contributed by atoms with Gasteiger partial charge in [-0.3, -0.25) is 4.79 Å². The topological polar surface area (TPSA) is 20.3 Å². The van der Waals surface area contributed by atoms with Crippen LogP contribution in [0.5, 0.6) is 0 Å². The van der Waals surface area contributed by atoms with E-state index in [1.54, 1.807) is 0 Å². The van der Waals surface area contributed by atoms with E-state index in [0.717, 1.165) is 25.9 Å². The van der Waals surface area contributed by atoms with E-state index in [1.165, 1.54) is 64.2 Å². The van der Waals surface area contributed by atoms with Crippen molar-refractivity contribution in [3.8, 4) is 0 Å². The molecular formula is C18H33NO. The van der Waals surface area contributed by atoms with Crippen LogP contribution in [0.1, 0.15) is 84.0 Å². The van der Waals surface area contributed by atoms with Crippen LogP contribution >= 0.6 is 0 Å². The molecule has 1 aliphatic heterocycles. The van der Waals surface area contributed by atoms with Gasteiger partial charge in [-0.2, -0.15) is 0 Å². The summed E-state index contributed by atoms with van der Waals surface area (Å²) in [6.07, 6.45) is 19.2. The van der Waals surface area contributed by atoms with Gasteiger partial charge in [0, 0.05) is 19.5 Å². The maximum atomic E-state index is 11.8. The molecule has 1 aliphatic rings. The van der Waals surface area contributed by atoms with E-state index < -0.39 is 0 Å². The fourth-order valence-corrected chi connectivity index (χ4v) is 2.75. The highest BCUT2D eigenvalue weighted by atomic mass is 16.2. The SMILES string of the molecule is CCCC/C=C\CCCCCCCC(=O)N1CCCC1. The maximum absolute atomic E-state index is 11.8. The van der Waals surface area contributed by atoms with Crippen molar-refractivity contribution in [2.24, 2.45) is 0 Å². The largest absolute Gasteiger partial charge is 0.343 e. The lowest BCUT2D eigenvalue weighted by molar-refractivity contribution is -0.130. The standard InChI is InChI=1S/C18H33NO/c1-2-3-4-5-6-7-8-9-10-11-12-15-18(20)19-16-13-14-17-19/h5-6H,2-4,7-17H2,1H3/b6-5-. The van der Waals surface area contributed by atoms with Crippen molar-refractivity contribution < 1.29 is 4.79 Å². The van der Waals surface area contributed by atoms with Crippen LogP contribution in [0.3, 0.4) is 0 Å². The lowest BCUT2D eigenvalue weighted by atomic mass is 10.1. The second-order valence-corrected chi connectivity index (χ2v) is 6.01. The van der Waals surface area contributed by atoms with Crippen LogP contribution in [0.25, 0.3) is 0 Å². The normalized spacial score (nSPS) is 15.3. The second-order valence-electron chi connectivity index (χ2n) is 6.01. The Labute approximate surface area is 125 Å². The highest BCUT2D eigenvalue weighted by Gasteiger charge is 2.16. The molecule has 0 radical (unpaired) electrons. The first-order valence-electron chi connectivity index (χ1n) is 8.77. The summed E-state index contributed by atoms with van der Waals surface area (Å²) in [7, 11) is 0. The summed E-state index contributed by atoms with van der Waals surface area (Å²) in [5, 5.41) is 0. The van der Waals surface area contributed by atoms with Crippen LogP contribution in [0.2, 0.25) is 0 Å². The fourth-order valence-electron chi connectivity index (χ4n) is 2.75. The quantitative estimate of drug-likeness (QED) is 0.381. The molecule has 0 aromatic carbocycles. The minimum absolute atomic E-state index is 0.390. The lowest BCUT2D eigenvalue weighted by Gasteiger charge is -2.14. The molecule has 0 N–H and O–H groups in total. The molecule has 20 heavy (non-hydrogen) atoms. The van der Waals surface area contributed by atoms with Gasteiger partial charge in [-0.15, -0.1) is 0 Å². The molecule has 1 heterocycles. The van der Waals surface area contributed by atoms with Gasteiger partial charge in [0.1, 0.15) is 0 Å². The van der Waals surface area contributed by atoms with Gasteiger partial charge in [0.05, 0.1) is 0 Å². The number of hydrogen-bond donors (Lipinski definition) is 0. The molecule has 0 aromatic rings. The van der Waals surface area contributed by atoms with Crippen molar-refractivity contribution >= 4 is 5.91 Å². The number of rotatable bonds is 11. The molecule has 1 amide bonds. The zero-order valence-corrected chi connectivity index (χ0v) is 13.4. The van der Waals surface area contributed by atoms with E-state index in [2.05, 4.69) is 19.1 Å². The van der Waals surface area contributed by atoms with E-state index in [0.29, 0.717) is 5.91 Å². The van der Waals surface area contributed by atoms with Gasteiger partial charge in [0.2, 0.25) is 5.91 Å². The first-order chi connectivity index (χ1) is 9.84. The number of unbranched alkanes of at least 4 members (excludes halogenated alkanes) is 7. The third-order valence-electron chi connectivity index (χ3n) is 4.11. The molecular weight excluding hydrogens is 246 g/mol. The Hall–Kier alpha value is -0.790. The van der Waals surface area contributed by atoms with Crippen LogP contribution in [0, 0.1) is 0 Å². The number of carbonyl (C=O) groups is 1. The fraction of sp³-hybridized carbons (Fsp3) is 0.833. The summed E-state index contributed by atoms with van der Waals surface area (Å²) in [5.41, 5.74) is 0. The third kappa shape index (κ3) is 8.39. The van der Waals surface area contributed by atoms with E-state index >= 15 is 0 Å². The van der Waals surface area contributed by atoms with Crippen molar-refractivity contribution in [1.29, 1.82) is 0 Å². The first kappa shape index (κ1) is 17.3. The number of nitrogens with zero attached hydrogens (tertiary/aromatic N) is 1. The van der Waals surface area contributed by atoms with Crippen molar-refractivity contribution in [3.63, 3.8) is 0 Å². The Morgan fingerprint density at radius 2 is 1.50 bits per heavy atom. The lowest BCUT2D eigenvalue weighted by Crippen LogP contribution is -2.27. The highest BCUT2D eigenvalue weighted by molar-refractivity contribution is 5.76.